The molecule has 0 aliphatic carbocycles. The molecule has 8 heteroatoms. The molecule has 0 radical (unpaired) electrons. The second kappa shape index (κ2) is 11.3. The molecule has 0 fully saturated rings. The van der Waals surface area contributed by atoms with Crippen LogP contribution in [0, 0.1) is 13.8 Å². The molecule has 2 aromatic rings. The predicted octanol–water partition coefficient (Wildman–Crippen LogP) is 2.56. The third-order valence-corrected chi connectivity index (χ3v) is 5.47. The van der Waals surface area contributed by atoms with Crippen LogP contribution in [0.4, 0.5) is 0 Å². The quantitative estimate of drug-likeness (QED) is 0.235. The van der Waals surface area contributed by atoms with Crippen molar-refractivity contribution in [2.75, 3.05) is 20.1 Å². The molecular weight excluding hydrogens is 475 g/mol. The molecule has 27 heavy (non-hydrogen) atoms. The Hall–Kier alpha value is -1.65. The van der Waals surface area contributed by atoms with Crippen LogP contribution in [-0.4, -0.2) is 34.5 Å². The molecule has 0 atom stereocenters. The van der Waals surface area contributed by atoms with Gasteiger partial charge in [-0.3, -0.25) is 4.99 Å². The first kappa shape index (κ1) is 23.4. The minimum atomic E-state index is -3.52. The lowest BCUT2D eigenvalue weighted by atomic mass is 10.2. The highest BCUT2D eigenvalue weighted by atomic mass is 127. The van der Waals surface area contributed by atoms with E-state index < -0.39 is 10.0 Å². The summed E-state index contributed by atoms with van der Waals surface area (Å²) in [4.78, 5) is 4.46. The molecule has 3 N–H and O–H groups in total. The van der Waals surface area contributed by atoms with Gasteiger partial charge in [0.1, 0.15) is 0 Å². The Kier molecular flexibility index (Phi) is 9.75. The van der Waals surface area contributed by atoms with E-state index in [1.807, 2.05) is 49.4 Å². The molecule has 0 heterocycles. The number of sulfonamides is 1. The van der Waals surface area contributed by atoms with Crippen molar-refractivity contribution in [2.24, 2.45) is 4.99 Å². The van der Waals surface area contributed by atoms with Gasteiger partial charge >= 0.3 is 0 Å². The van der Waals surface area contributed by atoms with Gasteiger partial charge in [-0.05, 0) is 36.6 Å². The van der Waals surface area contributed by atoms with E-state index >= 15 is 0 Å². The van der Waals surface area contributed by atoms with Gasteiger partial charge in [0.25, 0.3) is 0 Å². The maximum Gasteiger partial charge on any atom is 0.240 e. The molecule has 0 amide bonds. The Morgan fingerprint density at radius 1 is 1.00 bits per heavy atom. The molecule has 2 rings (SSSR count). The molecule has 0 saturated carbocycles. The van der Waals surface area contributed by atoms with E-state index in [4.69, 9.17) is 0 Å². The average Bonchev–Trinajstić information content (AvgIpc) is 2.64. The van der Waals surface area contributed by atoms with Crippen LogP contribution in [0.25, 0.3) is 0 Å². The number of aryl methyl sites for hydroxylation is 2. The van der Waals surface area contributed by atoms with Crippen molar-refractivity contribution < 1.29 is 8.42 Å². The number of benzene rings is 2. The summed E-state index contributed by atoms with van der Waals surface area (Å²) < 4.78 is 27.5. The fraction of sp³-hybridized carbons (Fsp3) is 0.316. The first-order valence-electron chi connectivity index (χ1n) is 8.48. The van der Waals surface area contributed by atoms with Crippen molar-refractivity contribution in [1.82, 2.24) is 15.4 Å². The number of halogens is 1. The molecular formula is C19H27IN4O2S. The van der Waals surface area contributed by atoms with Gasteiger partial charge in [-0.1, -0.05) is 42.5 Å². The Labute approximate surface area is 178 Å². The summed E-state index contributed by atoms with van der Waals surface area (Å²) in [7, 11) is -1.84. The highest BCUT2D eigenvalue weighted by Gasteiger charge is 2.16. The SMILES string of the molecule is CN=C(NCCNS(=O)(=O)c1cc(C)ccc1C)NCc1ccccc1.I. The van der Waals surface area contributed by atoms with Crippen LogP contribution in [0.3, 0.4) is 0 Å². The Balaban J connectivity index is 0.00000364. The topological polar surface area (TPSA) is 82.6 Å². The number of rotatable bonds is 7. The summed E-state index contributed by atoms with van der Waals surface area (Å²) in [6, 6.07) is 15.4. The van der Waals surface area contributed by atoms with Crippen LogP contribution < -0.4 is 15.4 Å². The fourth-order valence-electron chi connectivity index (χ4n) is 2.44. The number of guanidine groups is 1. The monoisotopic (exact) mass is 502 g/mol. The van der Waals surface area contributed by atoms with Crippen molar-refractivity contribution in [2.45, 2.75) is 25.3 Å². The Morgan fingerprint density at radius 2 is 1.70 bits per heavy atom. The van der Waals surface area contributed by atoms with Gasteiger partial charge in [0, 0.05) is 26.7 Å². The summed E-state index contributed by atoms with van der Waals surface area (Å²) in [6.07, 6.45) is 0. The summed E-state index contributed by atoms with van der Waals surface area (Å²) in [5.41, 5.74) is 2.79. The molecule has 0 aliphatic rings. The standard InChI is InChI=1S/C19H26N4O2S.HI/c1-15-9-10-16(2)18(13-15)26(24,25)23-12-11-21-19(20-3)22-14-17-7-5-4-6-8-17;/h4-10,13,23H,11-12,14H2,1-3H3,(H2,20,21,22);1H. The number of nitrogens with zero attached hydrogens (tertiary/aromatic N) is 1. The van der Waals surface area contributed by atoms with Crippen LogP contribution in [0.15, 0.2) is 58.4 Å². The smallest absolute Gasteiger partial charge is 0.240 e. The molecule has 2 aromatic carbocycles. The molecule has 0 spiro atoms. The van der Waals surface area contributed by atoms with Gasteiger partial charge in [0.2, 0.25) is 10.0 Å². The minimum Gasteiger partial charge on any atom is -0.355 e. The number of hydrogen-bond acceptors (Lipinski definition) is 3. The van der Waals surface area contributed by atoms with Crippen LogP contribution >= 0.6 is 24.0 Å². The first-order valence-corrected chi connectivity index (χ1v) is 9.96. The van der Waals surface area contributed by atoms with E-state index in [-0.39, 0.29) is 30.5 Å². The zero-order chi connectivity index (χ0) is 19.0. The summed E-state index contributed by atoms with van der Waals surface area (Å²) >= 11 is 0. The van der Waals surface area contributed by atoms with Crippen LogP contribution in [-0.2, 0) is 16.6 Å². The molecule has 0 aromatic heterocycles. The zero-order valence-corrected chi connectivity index (χ0v) is 19.0. The lowest BCUT2D eigenvalue weighted by Crippen LogP contribution is -2.41. The summed E-state index contributed by atoms with van der Waals surface area (Å²) in [5.74, 6) is 0.625. The second-order valence-electron chi connectivity index (χ2n) is 6.00. The largest absolute Gasteiger partial charge is 0.355 e. The van der Waals surface area contributed by atoms with Gasteiger partial charge in [0.15, 0.2) is 5.96 Å². The zero-order valence-electron chi connectivity index (χ0n) is 15.8. The Morgan fingerprint density at radius 3 is 2.37 bits per heavy atom. The second-order valence-corrected chi connectivity index (χ2v) is 7.74. The van der Waals surface area contributed by atoms with E-state index in [9.17, 15) is 8.42 Å². The van der Waals surface area contributed by atoms with E-state index in [1.54, 1.807) is 20.0 Å². The lowest BCUT2D eigenvalue weighted by Gasteiger charge is -2.13. The van der Waals surface area contributed by atoms with Gasteiger partial charge in [-0.25, -0.2) is 13.1 Å². The average molecular weight is 502 g/mol. The molecule has 0 saturated heterocycles. The van der Waals surface area contributed by atoms with Crippen LogP contribution in [0.5, 0.6) is 0 Å². The van der Waals surface area contributed by atoms with Gasteiger partial charge in [-0.15, -0.1) is 24.0 Å². The highest BCUT2D eigenvalue weighted by molar-refractivity contribution is 14.0. The molecule has 0 bridgehead atoms. The van der Waals surface area contributed by atoms with Gasteiger partial charge in [-0.2, -0.15) is 0 Å². The first-order chi connectivity index (χ1) is 12.4. The number of hydrogen-bond donors (Lipinski definition) is 3. The molecule has 148 valence electrons. The maximum atomic E-state index is 12.4. The van der Waals surface area contributed by atoms with Crippen molar-refractivity contribution in [3.8, 4) is 0 Å². The third kappa shape index (κ3) is 7.47. The van der Waals surface area contributed by atoms with E-state index in [0.717, 1.165) is 16.7 Å². The summed E-state index contributed by atoms with van der Waals surface area (Å²) in [6.45, 7) is 5.01. The minimum absolute atomic E-state index is 0. The normalized spacial score (nSPS) is 11.6. The van der Waals surface area contributed by atoms with Gasteiger partial charge < -0.3 is 10.6 Å². The number of aliphatic imine (C=N–C) groups is 1. The molecule has 0 unspecified atom stereocenters. The maximum absolute atomic E-state index is 12.4. The highest BCUT2D eigenvalue weighted by Crippen LogP contribution is 2.16. The predicted molar refractivity (Wildman–Crippen MR) is 121 cm³/mol. The Bertz CT molecular complexity index is 855. The molecule has 0 aliphatic heterocycles. The third-order valence-electron chi connectivity index (χ3n) is 3.87. The van der Waals surface area contributed by atoms with Gasteiger partial charge in [0.05, 0.1) is 4.90 Å². The number of nitrogens with one attached hydrogen (secondary N) is 3. The fourth-order valence-corrected chi connectivity index (χ4v) is 3.80. The summed E-state index contributed by atoms with van der Waals surface area (Å²) in [5, 5.41) is 6.29. The van der Waals surface area contributed by atoms with Crippen molar-refractivity contribution in [3.05, 3.63) is 65.2 Å². The van der Waals surface area contributed by atoms with Crippen molar-refractivity contribution in [1.29, 1.82) is 0 Å². The van der Waals surface area contributed by atoms with E-state index in [0.29, 0.717) is 23.9 Å². The van der Waals surface area contributed by atoms with E-state index in [1.165, 1.54) is 0 Å². The lowest BCUT2D eigenvalue weighted by molar-refractivity contribution is 0.580. The molecule has 6 nitrogen and oxygen atoms in total. The van der Waals surface area contributed by atoms with Crippen molar-refractivity contribution in [3.63, 3.8) is 0 Å². The van der Waals surface area contributed by atoms with E-state index in [2.05, 4.69) is 20.3 Å². The van der Waals surface area contributed by atoms with Crippen LogP contribution in [0.1, 0.15) is 16.7 Å². The van der Waals surface area contributed by atoms with Crippen LogP contribution in [0.2, 0.25) is 0 Å². The van der Waals surface area contributed by atoms with Crippen molar-refractivity contribution >= 4 is 40.0 Å².